The van der Waals surface area contributed by atoms with Crippen LogP contribution in [0.4, 0.5) is 0 Å². The van der Waals surface area contributed by atoms with Crippen molar-refractivity contribution in [2.24, 2.45) is 0 Å². The summed E-state index contributed by atoms with van der Waals surface area (Å²) in [4.78, 5) is 13.9. The van der Waals surface area contributed by atoms with Gasteiger partial charge < -0.3 is 5.11 Å². The minimum Gasteiger partial charge on any atom is -0.477 e. The van der Waals surface area contributed by atoms with E-state index >= 15 is 0 Å². The van der Waals surface area contributed by atoms with Crippen LogP contribution in [0.1, 0.15) is 10.5 Å². The van der Waals surface area contributed by atoms with Gasteiger partial charge in [0, 0.05) is 6.20 Å². The molecule has 0 amide bonds. The smallest absolute Gasteiger partial charge is 0.354 e. The summed E-state index contributed by atoms with van der Waals surface area (Å²) >= 11 is 0. The lowest BCUT2D eigenvalue weighted by molar-refractivity contribution is 0.0690. The Bertz CT molecular complexity index is 244. The van der Waals surface area contributed by atoms with E-state index in [2.05, 4.69) is 4.98 Å². The van der Waals surface area contributed by atoms with Crippen LogP contribution in [-0.4, -0.2) is 23.9 Å². The molecule has 0 unspecified atom stereocenters. The van der Waals surface area contributed by atoms with Crippen LogP contribution in [0.3, 0.4) is 0 Å². The fourth-order valence-corrected chi connectivity index (χ4v) is 0.594. The molecule has 50 valence electrons. The Kier molecular flexibility index (Phi) is 1.71. The van der Waals surface area contributed by atoms with Gasteiger partial charge in [-0.3, -0.25) is 0 Å². The number of aromatic carboxylic acids is 1. The molecule has 0 spiro atoms. The van der Waals surface area contributed by atoms with Gasteiger partial charge in [-0.15, -0.1) is 0 Å². The molecule has 0 saturated carbocycles. The molecule has 4 heteroatoms. The fourth-order valence-electron chi connectivity index (χ4n) is 0.594. The van der Waals surface area contributed by atoms with E-state index in [0.29, 0.717) is 0 Å². The highest BCUT2D eigenvalue weighted by molar-refractivity contribution is 6.32. The van der Waals surface area contributed by atoms with Crippen LogP contribution in [0.2, 0.25) is 0 Å². The van der Waals surface area contributed by atoms with E-state index in [1.165, 1.54) is 12.3 Å². The molecule has 1 heterocycles. The molecule has 0 fully saturated rings. The maximum atomic E-state index is 10.2. The van der Waals surface area contributed by atoms with Crippen molar-refractivity contribution in [3.05, 3.63) is 24.0 Å². The van der Waals surface area contributed by atoms with Crippen molar-refractivity contribution in [3.63, 3.8) is 0 Å². The molecule has 10 heavy (non-hydrogen) atoms. The molecule has 1 N–H and O–H groups in total. The maximum Gasteiger partial charge on any atom is 0.354 e. The van der Waals surface area contributed by atoms with E-state index < -0.39 is 5.97 Å². The van der Waals surface area contributed by atoms with E-state index in [4.69, 9.17) is 5.11 Å². The number of aromatic nitrogens is 1. The van der Waals surface area contributed by atoms with Crippen LogP contribution in [0.15, 0.2) is 18.3 Å². The quantitative estimate of drug-likeness (QED) is 0.504. The van der Waals surface area contributed by atoms with Gasteiger partial charge in [-0.05, 0) is 6.07 Å². The number of carboxylic acid groups (broad SMARTS) is 1. The summed E-state index contributed by atoms with van der Waals surface area (Å²) in [5, 5.41) is 8.41. The second-order valence-electron chi connectivity index (χ2n) is 2.03. The molecule has 0 aromatic carbocycles. The van der Waals surface area contributed by atoms with Crippen molar-refractivity contribution < 1.29 is 9.90 Å². The minimum atomic E-state index is -0.986. The molecule has 0 bridgehead atoms. The number of pyridine rings is 1. The van der Waals surface area contributed by atoms with E-state index in [1.807, 2.05) is 7.85 Å². The average Bonchev–Trinajstić information content (AvgIpc) is 1.88. The van der Waals surface area contributed by atoms with Crippen LogP contribution in [0.5, 0.6) is 0 Å². The fraction of sp³-hybridized carbons (Fsp3) is 0. The second-order valence-corrected chi connectivity index (χ2v) is 2.03. The van der Waals surface area contributed by atoms with Gasteiger partial charge >= 0.3 is 5.97 Å². The van der Waals surface area contributed by atoms with Gasteiger partial charge in [0.1, 0.15) is 13.5 Å². The van der Waals surface area contributed by atoms with Crippen LogP contribution in [0.25, 0.3) is 0 Å². The Morgan fingerprint density at radius 2 is 2.30 bits per heavy atom. The summed E-state index contributed by atoms with van der Waals surface area (Å²) in [6.07, 6.45) is 1.53. The molecule has 1 aromatic heterocycles. The molecule has 0 atom stereocenters. The topological polar surface area (TPSA) is 50.2 Å². The van der Waals surface area contributed by atoms with Crippen LogP contribution in [-0.2, 0) is 0 Å². The highest BCUT2D eigenvalue weighted by atomic mass is 16.4. The zero-order valence-electron chi connectivity index (χ0n) is 5.53. The molecule has 0 aliphatic heterocycles. The Labute approximate surface area is 59.1 Å². The second kappa shape index (κ2) is 2.52. The molecule has 0 aliphatic carbocycles. The standard InChI is InChI=1S/C6H6BNO2/c7-4-1-2-5(6(9)10)8-3-4/h1-3H,7H2,(H,9,10). The predicted molar refractivity (Wildman–Crippen MR) is 39.4 cm³/mol. The molecule has 3 nitrogen and oxygen atoms in total. The number of carbonyl (C=O) groups is 1. The average molecular weight is 135 g/mol. The molecule has 1 rings (SSSR count). The summed E-state index contributed by atoms with van der Waals surface area (Å²) in [6.45, 7) is 0. The third-order valence-corrected chi connectivity index (χ3v) is 1.13. The summed E-state index contributed by atoms with van der Waals surface area (Å²) in [6, 6.07) is 3.20. The van der Waals surface area contributed by atoms with Gasteiger partial charge in [-0.2, -0.15) is 0 Å². The molecule has 1 aromatic rings. The number of nitrogens with zero attached hydrogens (tertiary/aromatic N) is 1. The van der Waals surface area contributed by atoms with Gasteiger partial charge in [-0.1, -0.05) is 11.5 Å². The van der Waals surface area contributed by atoms with Crippen LogP contribution < -0.4 is 5.46 Å². The van der Waals surface area contributed by atoms with Crippen molar-refractivity contribution in [2.75, 3.05) is 0 Å². The minimum absolute atomic E-state index is 0.0885. The summed E-state index contributed by atoms with van der Waals surface area (Å²) in [5.41, 5.74) is 1.05. The zero-order valence-corrected chi connectivity index (χ0v) is 5.53. The van der Waals surface area contributed by atoms with E-state index in [-0.39, 0.29) is 5.69 Å². The van der Waals surface area contributed by atoms with Crippen molar-refractivity contribution in [3.8, 4) is 0 Å². The van der Waals surface area contributed by atoms with E-state index in [0.717, 1.165) is 5.46 Å². The number of carboxylic acids is 1. The van der Waals surface area contributed by atoms with Crippen molar-refractivity contribution >= 4 is 19.3 Å². The van der Waals surface area contributed by atoms with E-state index in [9.17, 15) is 4.79 Å². The van der Waals surface area contributed by atoms with Gasteiger partial charge in [-0.25, -0.2) is 9.78 Å². The zero-order chi connectivity index (χ0) is 7.56. The lowest BCUT2D eigenvalue weighted by atomic mass is 9.99. The molecular weight excluding hydrogens is 129 g/mol. The predicted octanol–water partition coefficient (Wildman–Crippen LogP) is -0.962. The molecule has 0 aliphatic rings. The van der Waals surface area contributed by atoms with Crippen LogP contribution >= 0.6 is 0 Å². The summed E-state index contributed by atoms with van der Waals surface area (Å²) < 4.78 is 0. The Hall–Kier alpha value is -1.32. The van der Waals surface area contributed by atoms with Crippen molar-refractivity contribution in [2.45, 2.75) is 0 Å². The molecule has 0 saturated heterocycles. The first kappa shape index (κ1) is 6.80. The number of rotatable bonds is 1. The number of hydrogen-bond acceptors (Lipinski definition) is 2. The van der Waals surface area contributed by atoms with Crippen molar-refractivity contribution in [1.29, 1.82) is 0 Å². The first-order valence-corrected chi connectivity index (χ1v) is 2.86. The Balaban J connectivity index is 3.00. The van der Waals surface area contributed by atoms with Gasteiger partial charge in [0.25, 0.3) is 0 Å². The third kappa shape index (κ3) is 1.34. The van der Waals surface area contributed by atoms with Gasteiger partial charge in [0.05, 0.1) is 0 Å². The highest BCUT2D eigenvalue weighted by Crippen LogP contribution is 1.88. The first-order chi connectivity index (χ1) is 4.70. The first-order valence-electron chi connectivity index (χ1n) is 2.86. The Morgan fingerprint density at radius 1 is 1.60 bits per heavy atom. The summed E-state index contributed by atoms with van der Waals surface area (Å²) in [7, 11) is 1.86. The Morgan fingerprint density at radius 3 is 2.70 bits per heavy atom. The van der Waals surface area contributed by atoms with E-state index in [1.54, 1.807) is 6.07 Å². The molecule has 0 radical (unpaired) electrons. The SMILES string of the molecule is Bc1ccc(C(=O)O)nc1. The van der Waals surface area contributed by atoms with Crippen LogP contribution in [0, 0.1) is 0 Å². The maximum absolute atomic E-state index is 10.2. The molecular formula is C6H6BNO2. The summed E-state index contributed by atoms with van der Waals surface area (Å²) in [5.74, 6) is -0.986. The lowest BCUT2D eigenvalue weighted by Crippen LogP contribution is -2.07. The largest absolute Gasteiger partial charge is 0.477 e. The monoisotopic (exact) mass is 135 g/mol. The highest BCUT2D eigenvalue weighted by Gasteiger charge is 2.00. The van der Waals surface area contributed by atoms with Gasteiger partial charge in [0.2, 0.25) is 0 Å². The third-order valence-electron chi connectivity index (χ3n) is 1.13. The number of hydrogen-bond donors (Lipinski definition) is 1. The van der Waals surface area contributed by atoms with Crippen molar-refractivity contribution in [1.82, 2.24) is 4.98 Å². The lowest BCUT2D eigenvalue weighted by Gasteiger charge is -1.92. The van der Waals surface area contributed by atoms with Gasteiger partial charge in [0.15, 0.2) is 0 Å². The normalized spacial score (nSPS) is 9.20.